The predicted octanol–water partition coefficient (Wildman–Crippen LogP) is 0.0378. The topological polar surface area (TPSA) is 64.1 Å². The third kappa shape index (κ3) is 2.81. The second-order valence-corrected chi connectivity index (χ2v) is 3.44. The van der Waals surface area contributed by atoms with E-state index in [0.29, 0.717) is 18.7 Å². The first kappa shape index (κ1) is 10.2. The number of nitrogens with one attached hydrogen (secondary N) is 1. The molecule has 5 heteroatoms. The number of rotatable bonds is 3. The number of ketones is 1. The van der Waals surface area contributed by atoms with Crippen molar-refractivity contribution < 1.29 is 9.53 Å². The maximum atomic E-state index is 11.7. The molecule has 80 valence electrons. The molecule has 5 nitrogen and oxygen atoms in total. The Morgan fingerprint density at radius 1 is 1.60 bits per heavy atom. The minimum Gasteiger partial charge on any atom is -0.378 e. The maximum absolute atomic E-state index is 11.7. The number of hydrogen-bond acceptors (Lipinski definition) is 5. The highest BCUT2D eigenvalue weighted by Gasteiger charge is 2.18. The standard InChI is InChI=1S/C10H13N3O2/c14-10(9-6-11-1-2-13-9)5-8-7-15-4-3-12-8/h1-2,6,8,12H,3-5,7H2. The zero-order valence-electron chi connectivity index (χ0n) is 8.35. The summed E-state index contributed by atoms with van der Waals surface area (Å²) in [5, 5.41) is 3.23. The molecule has 1 N–H and O–H groups in total. The summed E-state index contributed by atoms with van der Waals surface area (Å²) in [6.07, 6.45) is 4.99. The third-order valence-corrected chi connectivity index (χ3v) is 2.28. The fraction of sp³-hybridized carbons (Fsp3) is 0.500. The molecule has 1 fully saturated rings. The molecular formula is C10H13N3O2. The molecule has 0 radical (unpaired) electrons. The van der Waals surface area contributed by atoms with Crippen molar-refractivity contribution >= 4 is 5.78 Å². The van der Waals surface area contributed by atoms with Gasteiger partial charge in [-0.05, 0) is 0 Å². The largest absolute Gasteiger partial charge is 0.378 e. The van der Waals surface area contributed by atoms with Crippen LogP contribution in [0.2, 0.25) is 0 Å². The van der Waals surface area contributed by atoms with Crippen LogP contribution in [0.25, 0.3) is 0 Å². The van der Waals surface area contributed by atoms with Crippen molar-refractivity contribution in [2.45, 2.75) is 12.5 Å². The van der Waals surface area contributed by atoms with Gasteiger partial charge in [-0.2, -0.15) is 0 Å². The number of aromatic nitrogens is 2. The summed E-state index contributed by atoms with van der Waals surface area (Å²) in [4.78, 5) is 19.5. The van der Waals surface area contributed by atoms with E-state index in [9.17, 15) is 4.79 Å². The average Bonchev–Trinajstić information content (AvgIpc) is 2.31. The van der Waals surface area contributed by atoms with Crippen molar-refractivity contribution in [1.29, 1.82) is 0 Å². The molecule has 1 aliphatic rings. The Morgan fingerprint density at radius 3 is 3.20 bits per heavy atom. The van der Waals surface area contributed by atoms with E-state index in [1.54, 1.807) is 6.20 Å². The van der Waals surface area contributed by atoms with Crippen LogP contribution in [0.1, 0.15) is 16.9 Å². The molecule has 2 rings (SSSR count). The van der Waals surface area contributed by atoms with Gasteiger partial charge in [-0.15, -0.1) is 0 Å². The zero-order valence-corrected chi connectivity index (χ0v) is 8.35. The van der Waals surface area contributed by atoms with Crippen LogP contribution in [0.3, 0.4) is 0 Å². The molecule has 0 spiro atoms. The second-order valence-electron chi connectivity index (χ2n) is 3.44. The van der Waals surface area contributed by atoms with Gasteiger partial charge in [0.05, 0.1) is 19.4 Å². The molecule has 1 aliphatic heterocycles. The van der Waals surface area contributed by atoms with Gasteiger partial charge < -0.3 is 10.1 Å². The SMILES string of the molecule is O=C(CC1COCCN1)c1cnccn1. The molecule has 1 aromatic rings. The van der Waals surface area contributed by atoms with Crippen molar-refractivity contribution in [3.05, 3.63) is 24.3 Å². The fourth-order valence-electron chi connectivity index (χ4n) is 1.52. The number of morpholine rings is 1. The van der Waals surface area contributed by atoms with E-state index in [1.807, 2.05) is 0 Å². The molecule has 2 heterocycles. The lowest BCUT2D eigenvalue weighted by Crippen LogP contribution is -2.42. The van der Waals surface area contributed by atoms with Crippen molar-refractivity contribution in [1.82, 2.24) is 15.3 Å². The molecule has 1 atom stereocenters. The molecule has 1 unspecified atom stereocenters. The Hall–Kier alpha value is -1.33. The highest BCUT2D eigenvalue weighted by Crippen LogP contribution is 2.04. The van der Waals surface area contributed by atoms with E-state index in [2.05, 4.69) is 15.3 Å². The van der Waals surface area contributed by atoms with Crippen molar-refractivity contribution in [2.24, 2.45) is 0 Å². The summed E-state index contributed by atoms with van der Waals surface area (Å²) >= 11 is 0. The van der Waals surface area contributed by atoms with E-state index in [1.165, 1.54) is 12.4 Å². The van der Waals surface area contributed by atoms with Crippen LogP contribution >= 0.6 is 0 Å². The molecule has 15 heavy (non-hydrogen) atoms. The van der Waals surface area contributed by atoms with Crippen molar-refractivity contribution in [2.75, 3.05) is 19.8 Å². The van der Waals surface area contributed by atoms with E-state index in [0.717, 1.165) is 13.2 Å². The van der Waals surface area contributed by atoms with Crippen LogP contribution in [-0.2, 0) is 4.74 Å². The monoisotopic (exact) mass is 207 g/mol. The quantitative estimate of drug-likeness (QED) is 0.709. The van der Waals surface area contributed by atoms with Gasteiger partial charge in [-0.25, -0.2) is 4.98 Å². The Morgan fingerprint density at radius 2 is 2.53 bits per heavy atom. The van der Waals surface area contributed by atoms with Crippen LogP contribution in [0.5, 0.6) is 0 Å². The summed E-state index contributed by atoms with van der Waals surface area (Å²) in [6.45, 7) is 2.11. The Kier molecular flexibility index (Phi) is 3.37. The van der Waals surface area contributed by atoms with Gasteiger partial charge in [0.15, 0.2) is 5.78 Å². The first-order valence-electron chi connectivity index (χ1n) is 4.96. The normalized spacial score (nSPS) is 21.2. The molecule has 1 saturated heterocycles. The molecule has 0 amide bonds. The van der Waals surface area contributed by atoms with Gasteiger partial charge in [0.1, 0.15) is 5.69 Å². The van der Waals surface area contributed by atoms with Crippen molar-refractivity contribution in [3.63, 3.8) is 0 Å². The summed E-state index contributed by atoms with van der Waals surface area (Å²) in [5.41, 5.74) is 0.421. The summed E-state index contributed by atoms with van der Waals surface area (Å²) in [6, 6.07) is 0.105. The first-order chi connectivity index (χ1) is 7.36. The summed E-state index contributed by atoms with van der Waals surface area (Å²) in [7, 11) is 0. The molecule has 1 aromatic heterocycles. The third-order valence-electron chi connectivity index (χ3n) is 2.28. The number of nitrogens with zero attached hydrogens (tertiary/aromatic N) is 2. The number of Topliss-reactive ketones (excluding diaryl/α,β-unsaturated/α-hetero) is 1. The Labute approximate surface area is 87.9 Å². The van der Waals surface area contributed by atoms with Crippen LogP contribution in [0.15, 0.2) is 18.6 Å². The van der Waals surface area contributed by atoms with Gasteiger partial charge in [-0.3, -0.25) is 9.78 Å². The summed E-state index contributed by atoms with van der Waals surface area (Å²) < 4.78 is 5.27. The molecule has 0 aliphatic carbocycles. The number of carbonyl (C=O) groups is 1. The average molecular weight is 207 g/mol. The minimum absolute atomic E-state index is 0.00565. The second kappa shape index (κ2) is 4.95. The van der Waals surface area contributed by atoms with Crippen LogP contribution < -0.4 is 5.32 Å². The highest BCUT2D eigenvalue weighted by atomic mass is 16.5. The fourth-order valence-corrected chi connectivity index (χ4v) is 1.52. The Bertz CT molecular complexity index is 323. The predicted molar refractivity (Wildman–Crippen MR) is 53.6 cm³/mol. The molecular weight excluding hydrogens is 194 g/mol. The van der Waals surface area contributed by atoms with Crippen LogP contribution in [-0.4, -0.2) is 41.6 Å². The lowest BCUT2D eigenvalue weighted by molar-refractivity contribution is 0.0674. The lowest BCUT2D eigenvalue weighted by atomic mass is 10.1. The van der Waals surface area contributed by atoms with Gasteiger partial charge in [0, 0.05) is 31.4 Å². The van der Waals surface area contributed by atoms with Gasteiger partial charge in [0.25, 0.3) is 0 Å². The van der Waals surface area contributed by atoms with Crippen LogP contribution in [0, 0.1) is 0 Å². The zero-order chi connectivity index (χ0) is 10.5. The van der Waals surface area contributed by atoms with Gasteiger partial charge >= 0.3 is 0 Å². The van der Waals surface area contributed by atoms with Crippen molar-refractivity contribution in [3.8, 4) is 0 Å². The van der Waals surface area contributed by atoms with Gasteiger partial charge in [-0.1, -0.05) is 0 Å². The number of carbonyl (C=O) groups excluding carboxylic acids is 1. The van der Waals surface area contributed by atoms with Crippen LogP contribution in [0.4, 0.5) is 0 Å². The maximum Gasteiger partial charge on any atom is 0.184 e. The Balaban J connectivity index is 1.91. The van der Waals surface area contributed by atoms with Gasteiger partial charge in [0.2, 0.25) is 0 Å². The van der Waals surface area contributed by atoms with E-state index in [4.69, 9.17) is 4.74 Å². The lowest BCUT2D eigenvalue weighted by Gasteiger charge is -2.22. The molecule has 0 saturated carbocycles. The van der Waals surface area contributed by atoms with E-state index < -0.39 is 0 Å². The minimum atomic E-state index is 0.00565. The number of hydrogen-bond donors (Lipinski definition) is 1. The number of ether oxygens (including phenoxy) is 1. The molecule has 0 aromatic carbocycles. The molecule has 0 bridgehead atoms. The van der Waals surface area contributed by atoms with E-state index >= 15 is 0 Å². The summed E-state index contributed by atoms with van der Waals surface area (Å²) in [5.74, 6) is 0.00565. The smallest absolute Gasteiger partial charge is 0.184 e. The highest BCUT2D eigenvalue weighted by molar-refractivity contribution is 5.94. The van der Waals surface area contributed by atoms with E-state index in [-0.39, 0.29) is 11.8 Å². The first-order valence-corrected chi connectivity index (χ1v) is 4.96.